The molecule has 0 amide bonds. The van der Waals surface area contributed by atoms with Crippen molar-refractivity contribution >= 4 is 0 Å². The van der Waals surface area contributed by atoms with Gasteiger partial charge >= 0.3 is 0 Å². The van der Waals surface area contributed by atoms with E-state index >= 15 is 0 Å². The number of hydrogen-bond donors (Lipinski definition) is 1. The van der Waals surface area contributed by atoms with Gasteiger partial charge in [-0.3, -0.25) is 0 Å². The second-order valence-electron chi connectivity index (χ2n) is 2.35. The fraction of sp³-hybridized carbons (Fsp3) is 0.750. The van der Waals surface area contributed by atoms with E-state index in [0.717, 1.165) is 12.8 Å². The van der Waals surface area contributed by atoms with E-state index in [0.29, 0.717) is 0 Å². The lowest BCUT2D eigenvalue weighted by Crippen LogP contribution is -1.94. The van der Waals surface area contributed by atoms with E-state index in [2.05, 4.69) is 6.58 Å². The number of hydrogen-bond acceptors (Lipinski definition) is 1. The van der Waals surface area contributed by atoms with Crippen LogP contribution in [0.3, 0.4) is 0 Å². The van der Waals surface area contributed by atoms with E-state index in [-0.39, 0.29) is 6.10 Å². The van der Waals surface area contributed by atoms with Gasteiger partial charge in [-0.15, -0.1) is 6.58 Å². The molecule has 1 aliphatic rings. The van der Waals surface area contributed by atoms with Gasteiger partial charge in [-0.2, -0.15) is 0 Å². The van der Waals surface area contributed by atoms with Crippen molar-refractivity contribution in [3.8, 4) is 0 Å². The van der Waals surface area contributed by atoms with Crippen LogP contribution in [-0.4, -0.2) is 11.2 Å². The van der Waals surface area contributed by atoms with Gasteiger partial charge in [0, 0.05) is 0 Å². The zero-order valence-electron chi connectivity index (χ0n) is 6.14. The van der Waals surface area contributed by atoms with E-state index in [1.807, 2.05) is 6.92 Å². The minimum absolute atomic E-state index is 0.0463. The monoisotopic (exact) mass is 128 g/mol. The molecule has 1 saturated carbocycles. The van der Waals surface area contributed by atoms with Crippen LogP contribution in [0.1, 0.15) is 32.6 Å². The summed E-state index contributed by atoms with van der Waals surface area (Å²) >= 11 is 0. The van der Waals surface area contributed by atoms with E-state index in [9.17, 15) is 0 Å². The number of aliphatic hydroxyl groups excluding tert-OH is 1. The first-order valence-corrected chi connectivity index (χ1v) is 3.56. The average Bonchev–Trinajstić information content (AvgIpc) is 2.20. The Hall–Kier alpha value is -0.300. The Morgan fingerprint density at radius 3 is 1.89 bits per heavy atom. The van der Waals surface area contributed by atoms with Gasteiger partial charge in [0.2, 0.25) is 0 Å². The molecule has 1 fully saturated rings. The van der Waals surface area contributed by atoms with Crippen LogP contribution in [0.25, 0.3) is 0 Å². The van der Waals surface area contributed by atoms with Crippen molar-refractivity contribution in [2.75, 3.05) is 0 Å². The van der Waals surface area contributed by atoms with Gasteiger partial charge < -0.3 is 5.11 Å². The van der Waals surface area contributed by atoms with Crippen molar-refractivity contribution in [3.63, 3.8) is 0 Å². The fourth-order valence-electron chi connectivity index (χ4n) is 0.904. The first-order chi connectivity index (χ1) is 4.31. The van der Waals surface area contributed by atoms with Crippen molar-refractivity contribution in [1.29, 1.82) is 0 Å². The van der Waals surface area contributed by atoms with Gasteiger partial charge in [0.1, 0.15) is 0 Å². The Morgan fingerprint density at radius 1 is 1.44 bits per heavy atom. The third-order valence-corrected chi connectivity index (χ3v) is 1.32. The zero-order chi connectivity index (χ0) is 7.11. The predicted octanol–water partition coefficient (Wildman–Crippen LogP) is 2.11. The molecule has 1 rings (SSSR count). The summed E-state index contributed by atoms with van der Waals surface area (Å²) < 4.78 is 0. The van der Waals surface area contributed by atoms with Gasteiger partial charge in [0.25, 0.3) is 0 Å². The van der Waals surface area contributed by atoms with E-state index < -0.39 is 0 Å². The van der Waals surface area contributed by atoms with Crippen LogP contribution < -0.4 is 0 Å². The Bertz CT molecular complexity index is 63.0. The standard InChI is InChI=1S/C5H10O.C3H6/c6-5-3-1-2-4-5;1-3-2/h5-6H,1-4H2;3H,1H2,2H3. The maximum Gasteiger partial charge on any atom is 0.0540 e. The molecule has 0 aromatic carbocycles. The molecule has 0 aromatic rings. The molecule has 1 N–H and O–H groups in total. The first-order valence-electron chi connectivity index (χ1n) is 3.56. The van der Waals surface area contributed by atoms with Gasteiger partial charge in [-0.25, -0.2) is 0 Å². The van der Waals surface area contributed by atoms with Gasteiger partial charge in [0.15, 0.2) is 0 Å². The van der Waals surface area contributed by atoms with Crippen LogP contribution in [0.4, 0.5) is 0 Å². The summed E-state index contributed by atoms with van der Waals surface area (Å²) in [6.07, 6.45) is 6.35. The number of aliphatic hydroxyl groups is 1. The van der Waals surface area contributed by atoms with Crippen LogP contribution in [-0.2, 0) is 0 Å². The number of allylic oxidation sites excluding steroid dienone is 1. The second-order valence-corrected chi connectivity index (χ2v) is 2.35. The van der Waals surface area contributed by atoms with Gasteiger partial charge in [-0.1, -0.05) is 18.9 Å². The molecule has 0 radical (unpaired) electrons. The van der Waals surface area contributed by atoms with Crippen molar-refractivity contribution in [2.24, 2.45) is 0 Å². The molecule has 0 aromatic heterocycles. The smallest absolute Gasteiger partial charge is 0.0540 e. The minimum Gasteiger partial charge on any atom is -0.393 e. The average molecular weight is 128 g/mol. The van der Waals surface area contributed by atoms with Crippen molar-refractivity contribution in [3.05, 3.63) is 12.7 Å². The molecular formula is C8H16O. The summed E-state index contributed by atoms with van der Waals surface area (Å²) in [5.74, 6) is 0. The highest BCUT2D eigenvalue weighted by Gasteiger charge is 2.09. The van der Waals surface area contributed by atoms with Crippen molar-refractivity contribution < 1.29 is 5.11 Å². The highest BCUT2D eigenvalue weighted by molar-refractivity contribution is 4.63. The van der Waals surface area contributed by atoms with E-state index in [1.165, 1.54) is 12.8 Å². The Kier molecular flexibility index (Phi) is 5.64. The molecule has 9 heavy (non-hydrogen) atoms. The third-order valence-electron chi connectivity index (χ3n) is 1.32. The van der Waals surface area contributed by atoms with Crippen LogP contribution in [0.2, 0.25) is 0 Å². The fourth-order valence-corrected chi connectivity index (χ4v) is 0.904. The lowest BCUT2D eigenvalue weighted by Gasteiger charge is -1.91. The highest BCUT2D eigenvalue weighted by atomic mass is 16.3. The third kappa shape index (κ3) is 5.57. The number of rotatable bonds is 0. The summed E-state index contributed by atoms with van der Waals surface area (Å²) in [6.45, 7) is 5.25. The maximum atomic E-state index is 8.73. The van der Waals surface area contributed by atoms with Crippen LogP contribution >= 0.6 is 0 Å². The highest BCUT2D eigenvalue weighted by Crippen LogP contribution is 2.16. The van der Waals surface area contributed by atoms with Crippen LogP contribution in [0.15, 0.2) is 12.7 Å². The molecule has 0 atom stereocenters. The largest absolute Gasteiger partial charge is 0.393 e. The Balaban J connectivity index is 0.000000187. The molecule has 0 saturated heterocycles. The molecule has 1 aliphatic carbocycles. The lowest BCUT2D eigenvalue weighted by molar-refractivity contribution is 0.183. The Labute approximate surface area is 57.4 Å². The molecule has 0 bridgehead atoms. The second kappa shape index (κ2) is 5.83. The Morgan fingerprint density at radius 2 is 1.78 bits per heavy atom. The summed E-state index contributed by atoms with van der Waals surface area (Å²) in [5.41, 5.74) is 0. The van der Waals surface area contributed by atoms with Crippen LogP contribution in [0.5, 0.6) is 0 Å². The maximum absolute atomic E-state index is 8.73. The molecule has 1 nitrogen and oxygen atoms in total. The summed E-state index contributed by atoms with van der Waals surface area (Å²) in [7, 11) is 0. The van der Waals surface area contributed by atoms with Crippen molar-refractivity contribution in [2.45, 2.75) is 38.7 Å². The molecule has 1 heteroatoms. The van der Waals surface area contributed by atoms with Gasteiger partial charge in [0.05, 0.1) is 6.10 Å². The molecular weight excluding hydrogens is 112 g/mol. The SMILES string of the molecule is C=CC.OC1CCCC1. The predicted molar refractivity (Wildman–Crippen MR) is 40.3 cm³/mol. The molecule has 54 valence electrons. The summed E-state index contributed by atoms with van der Waals surface area (Å²) in [6, 6.07) is 0. The van der Waals surface area contributed by atoms with Gasteiger partial charge in [-0.05, 0) is 19.8 Å². The molecule has 0 unspecified atom stereocenters. The quantitative estimate of drug-likeness (QED) is 0.495. The van der Waals surface area contributed by atoms with Crippen LogP contribution in [0, 0.1) is 0 Å². The van der Waals surface area contributed by atoms with E-state index in [1.54, 1.807) is 6.08 Å². The first kappa shape index (κ1) is 8.70. The molecule has 0 aliphatic heterocycles. The lowest BCUT2D eigenvalue weighted by atomic mass is 10.3. The van der Waals surface area contributed by atoms with E-state index in [4.69, 9.17) is 5.11 Å². The molecule has 0 spiro atoms. The topological polar surface area (TPSA) is 20.2 Å². The zero-order valence-corrected chi connectivity index (χ0v) is 6.14. The molecule has 0 heterocycles. The van der Waals surface area contributed by atoms with Crippen molar-refractivity contribution in [1.82, 2.24) is 0 Å². The minimum atomic E-state index is 0.0463. The summed E-state index contributed by atoms with van der Waals surface area (Å²) in [4.78, 5) is 0. The normalized spacial score (nSPS) is 18.4. The summed E-state index contributed by atoms with van der Waals surface area (Å²) in [5, 5.41) is 8.73.